The first-order valence-corrected chi connectivity index (χ1v) is 14.3. The molecule has 0 aliphatic carbocycles. The first kappa shape index (κ1) is 28.9. The summed E-state index contributed by atoms with van der Waals surface area (Å²) < 4.78 is 5.96. The highest BCUT2D eigenvalue weighted by molar-refractivity contribution is 5.97. The van der Waals surface area contributed by atoms with Crippen molar-refractivity contribution in [2.75, 3.05) is 56.7 Å². The number of nitrogens with zero attached hydrogens (tertiary/aromatic N) is 7. The Morgan fingerprint density at radius 1 is 1.14 bits per heavy atom. The predicted octanol–water partition coefficient (Wildman–Crippen LogP) is 3.47. The van der Waals surface area contributed by atoms with Crippen molar-refractivity contribution < 1.29 is 14.3 Å². The first-order chi connectivity index (χ1) is 20.3. The van der Waals surface area contributed by atoms with Crippen molar-refractivity contribution in [3.8, 4) is 12.1 Å². The molecular formula is C32H37N7O3. The van der Waals surface area contributed by atoms with Crippen LogP contribution in [0.2, 0.25) is 0 Å². The number of aromatic nitrogens is 2. The Bertz CT molecular complexity index is 1540. The third-order valence-corrected chi connectivity index (χ3v) is 8.07. The molecule has 2 aromatic carbocycles. The monoisotopic (exact) mass is 567 g/mol. The van der Waals surface area contributed by atoms with Crippen molar-refractivity contribution in [2.24, 2.45) is 0 Å². The van der Waals surface area contributed by atoms with Gasteiger partial charge in [0.05, 0.1) is 37.2 Å². The van der Waals surface area contributed by atoms with Crippen molar-refractivity contribution in [3.05, 3.63) is 65.9 Å². The molecule has 0 spiro atoms. The molecule has 2 amide bonds. The van der Waals surface area contributed by atoms with Crippen molar-refractivity contribution in [1.82, 2.24) is 19.8 Å². The summed E-state index contributed by atoms with van der Waals surface area (Å²) in [6, 6.07) is 14.9. The summed E-state index contributed by atoms with van der Waals surface area (Å²) in [5, 5.41) is 11.9. The van der Waals surface area contributed by atoms with Gasteiger partial charge in [0.25, 0.3) is 0 Å². The highest BCUT2D eigenvalue weighted by Crippen LogP contribution is 2.36. The van der Waals surface area contributed by atoms with E-state index >= 15 is 0 Å². The standard InChI is InChI=1S/C32H37N7O3/c1-5-28(40)39-18-17-38(20-24(39)12-15-33)31-25-13-16-37(27-11-7-10-23-9-6-8-22(2)30(23)27)21-26(25)34-32(35-31)42-19-14-29(41)36(3)4/h5-11,24H,1,12-14,16-21H2,2-4H3/t24-/m0/s1. The number of ether oxygens (including phenoxy) is 1. The molecule has 1 saturated heterocycles. The lowest BCUT2D eigenvalue weighted by atomic mass is 9.99. The number of amides is 2. The molecule has 1 fully saturated rings. The van der Waals surface area contributed by atoms with E-state index in [4.69, 9.17) is 14.7 Å². The second kappa shape index (κ2) is 12.5. The second-order valence-electron chi connectivity index (χ2n) is 11.0. The minimum absolute atomic E-state index is 0.0342. The zero-order chi connectivity index (χ0) is 29.8. The molecule has 2 aliphatic heterocycles. The fourth-order valence-electron chi connectivity index (χ4n) is 5.88. The minimum Gasteiger partial charge on any atom is -0.463 e. The zero-order valence-corrected chi connectivity index (χ0v) is 24.5. The summed E-state index contributed by atoms with van der Waals surface area (Å²) in [5.74, 6) is 0.569. The smallest absolute Gasteiger partial charge is 0.318 e. The van der Waals surface area contributed by atoms with Gasteiger partial charge in [0, 0.05) is 56.9 Å². The third kappa shape index (κ3) is 5.86. The van der Waals surface area contributed by atoms with Gasteiger partial charge >= 0.3 is 6.01 Å². The predicted molar refractivity (Wildman–Crippen MR) is 162 cm³/mol. The number of nitriles is 1. The number of aryl methyl sites for hydroxylation is 1. The van der Waals surface area contributed by atoms with Crippen LogP contribution in [0.3, 0.4) is 0 Å². The summed E-state index contributed by atoms with van der Waals surface area (Å²) in [5.41, 5.74) is 4.33. The molecule has 42 heavy (non-hydrogen) atoms. The molecular weight excluding hydrogens is 530 g/mol. The summed E-state index contributed by atoms with van der Waals surface area (Å²) in [7, 11) is 3.43. The average molecular weight is 568 g/mol. The van der Waals surface area contributed by atoms with E-state index in [1.165, 1.54) is 33.0 Å². The summed E-state index contributed by atoms with van der Waals surface area (Å²) in [4.78, 5) is 42.1. The van der Waals surface area contributed by atoms with E-state index < -0.39 is 0 Å². The van der Waals surface area contributed by atoms with Crippen LogP contribution >= 0.6 is 0 Å². The maximum Gasteiger partial charge on any atom is 0.318 e. The maximum absolute atomic E-state index is 12.5. The van der Waals surface area contributed by atoms with Gasteiger partial charge in [-0.1, -0.05) is 36.9 Å². The van der Waals surface area contributed by atoms with Crippen LogP contribution in [0.1, 0.15) is 29.7 Å². The SMILES string of the molecule is C=CC(=O)N1CCN(c2nc(OCCC(=O)N(C)C)nc3c2CCN(c2cccc4cccc(C)c24)C3)C[C@@H]1CC#N. The van der Waals surface area contributed by atoms with E-state index in [0.717, 1.165) is 30.0 Å². The summed E-state index contributed by atoms with van der Waals surface area (Å²) >= 11 is 0. The molecule has 1 atom stereocenters. The lowest BCUT2D eigenvalue weighted by Gasteiger charge is -2.42. The molecule has 10 nitrogen and oxygen atoms in total. The van der Waals surface area contributed by atoms with Crippen LogP contribution in [0.5, 0.6) is 6.01 Å². The Morgan fingerprint density at radius 2 is 1.93 bits per heavy atom. The molecule has 2 aliphatic rings. The van der Waals surface area contributed by atoms with E-state index in [-0.39, 0.29) is 43.3 Å². The lowest BCUT2D eigenvalue weighted by Crippen LogP contribution is -2.55. The van der Waals surface area contributed by atoms with Gasteiger partial charge in [-0.15, -0.1) is 0 Å². The summed E-state index contributed by atoms with van der Waals surface area (Å²) in [6.07, 6.45) is 2.47. The maximum atomic E-state index is 12.5. The highest BCUT2D eigenvalue weighted by atomic mass is 16.5. The molecule has 10 heteroatoms. The third-order valence-electron chi connectivity index (χ3n) is 8.07. The zero-order valence-electron chi connectivity index (χ0n) is 24.5. The average Bonchev–Trinajstić information content (AvgIpc) is 3.00. The van der Waals surface area contributed by atoms with Gasteiger partial charge in [-0.25, -0.2) is 0 Å². The number of benzene rings is 2. The van der Waals surface area contributed by atoms with Crippen LogP contribution in [-0.4, -0.2) is 84.5 Å². The molecule has 218 valence electrons. The fraction of sp³-hybridized carbons (Fsp3) is 0.406. The van der Waals surface area contributed by atoms with Crippen molar-refractivity contribution in [2.45, 2.75) is 38.8 Å². The van der Waals surface area contributed by atoms with E-state index in [9.17, 15) is 14.9 Å². The van der Waals surface area contributed by atoms with Crippen LogP contribution in [0.25, 0.3) is 10.8 Å². The Labute approximate surface area is 246 Å². The largest absolute Gasteiger partial charge is 0.463 e. The van der Waals surface area contributed by atoms with Gasteiger partial charge in [-0.05, 0) is 36.4 Å². The fourth-order valence-corrected chi connectivity index (χ4v) is 5.88. The van der Waals surface area contributed by atoms with Crippen LogP contribution < -0.4 is 14.5 Å². The molecule has 0 bridgehead atoms. The second-order valence-corrected chi connectivity index (χ2v) is 11.0. The number of piperazine rings is 1. The van der Waals surface area contributed by atoms with E-state index in [1.807, 2.05) is 0 Å². The number of hydrogen-bond donors (Lipinski definition) is 0. The molecule has 0 radical (unpaired) electrons. The topological polar surface area (TPSA) is 106 Å². The van der Waals surface area contributed by atoms with E-state index in [0.29, 0.717) is 26.2 Å². The Morgan fingerprint density at radius 3 is 2.67 bits per heavy atom. The van der Waals surface area contributed by atoms with Crippen molar-refractivity contribution in [1.29, 1.82) is 5.26 Å². The highest BCUT2D eigenvalue weighted by Gasteiger charge is 2.33. The molecule has 3 heterocycles. The van der Waals surface area contributed by atoms with Gasteiger partial charge in [0.15, 0.2) is 0 Å². The van der Waals surface area contributed by atoms with Crippen molar-refractivity contribution in [3.63, 3.8) is 0 Å². The van der Waals surface area contributed by atoms with Crippen LogP contribution in [0.15, 0.2) is 49.1 Å². The minimum atomic E-state index is -0.277. The van der Waals surface area contributed by atoms with Crippen LogP contribution in [0.4, 0.5) is 11.5 Å². The number of carbonyl (C=O) groups is 2. The van der Waals surface area contributed by atoms with Gasteiger partial charge in [0.2, 0.25) is 11.8 Å². The number of fused-ring (bicyclic) bond motifs is 2. The van der Waals surface area contributed by atoms with Gasteiger partial charge in [-0.2, -0.15) is 15.2 Å². The van der Waals surface area contributed by atoms with E-state index in [2.05, 4.69) is 65.8 Å². The molecule has 3 aromatic rings. The van der Waals surface area contributed by atoms with E-state index in [1.54, 1.807) is 19.0 Å². The number of carbonyl (C=O) groups excluding carboxylic acids is 2. The summed E-state index contributed by atoms with van der Waals surface area (Å²) in [6.45, 7) is 8.82. The molecule has 0 unspecified atom stereocenters. The van der Waals surface area contributed by atoms with Crippen LogP contribution in [0, 0.1) is 18.3 Å². The Kier molecular flexibility index (Phi) is 8.57. The molecule has 0 saturated carbocycles. The quantitative estimate of drug-likeness (QED) is 0.381. The number of hydrogen-bond acceptors (Lipinski definition) is 8. The molecule has 1 aromatic heterocycles. The normalized spacial score (nSPS) is 16.5. The number of rotatable bonds is 8. The Balaban J connectivity index is 1.48. The van der Waals surface area contributed by atoms with Gasteiger partial charge < -0.3 is 24.3 Å². The van der Waals surface area contributed by atoms with Gasteiger partial charge in [-0.3, -0.25) is 9.59 Å². The lowest BCUT2D eigenvalue weighted by molar-refractivity contribution is -0.129. The van der Waals surface area contributed by atoms with Crippen LogP contribution in [-0.2, 0) is 22.6 Å². The number of anilines is 2. The van der Waals surface area contributed by atoms with Gasteiger partial charge in [0.1, 0.15) is 12.4 Å². The Hall–Kier alpha value is -4.65. The first-order valence-electron chi connectivity index (χ1n) is 14.3. The molecule has 0 N–H and O–H groups in total. The van der Waals surface area contributed by atoms with Crippen molar-refractivity contribution >= 4 is 34.1 Å². The molecule has 5 rings (SSSR count).